The number of unbranched alkanes of at least 4 members (excludes halogenated alkanes) is 3. The van der Waals surface area contributed by atoms with Crippen LogP contribution in [0.3, 0.4) is 0 Å². The molecule has 0 heterocycles. The molecule has 0 fully saturated rings. The van der Waals surface area contributed by atoms with Crippen molar-refractivity contribution in [1.29, 1.82) is 0 Å². The van der Waals surface area contributed by atoms with E-state index >= 15 is 0 Å². The van der Waals surface area contributed by atoms with E-state index < -0.39 is 20.9 Å². The van der Waals surface area contributed by atoms with Crippen molar-refractivity contribution in [3.63, 3.8) is 0 Å². The normalized spacial score (nSPS) is 13.4. The Kier molecular flexibility index (Phi) is 13.7. The summed E-state index contributed by atoms with van der Waals surface area (Å²) in [4.78, 5) is 0. The van der Waals surface area contributed by atoms with Gasteiger partial charge in [-0.2, -0.15) is 0 Å². The summed E-state index contributed by atoms with van der Waals surface area (Å²) in [6.45, 7) is 11.7. The van der Waals surface area contributed by atoms with Crippen LogP contribution < -0.4 is 28.1 Å². The monoisotopic (exact) mass is 563 g/mol. The molecule has 0 aliphatic heterocycles. The third kappa shape index (κ3) is 7.05. The minimum Gasteiger partial charge on any atom is -1.00 e. The molecule has 0 nitrogen and oxygen atoms in total. The van der Waals surface area contributed by atoms with Crippen LogP contribution in [0.15, 0.2) is 63.5 Å². The Morgan fingerprint density at radius 1 is 0.906 bits per heavy atom. The van der Waals surface area contributed by atoms with Crippen molar-refractivity contribution < 1.29 is 45.7 Å². The van der Waals surface area contributed by atoms with Crippen molar-refractivity contribution in [1.82, 2.24) is 0 Å². The molecule has 0 bridgehead atoms. The van der Waals surface area contributed by atoms with Gasteiger partial charge in [0.2, 0.25) is 0 Å². The van der Waals surface area contributed by atoms with Crippen LogP contribution >= 0.6 is 0 Å². The van der Waals surface area contributed by atoms with E-state index in [1.807, 2.05) is 6.55 Å². The van der Waals surface area contributed by atoms with Crippen molar-refractivity contribution in [3.05, 3.63) is 74.6 Å². The summed E-state index contributed by atoms with van der Waals surface area (Å²) < 4.78 is 3.67. The Balaban J connectivity index is 0.000000571. The van der Waals surface area contributed by atoms with Gasteiger partial charge in [-0.25, -0.2) is 0 Å². The third-order valence-electron chi connectivity index (χ3n) is 6.44. The van der Waals surface area contributed by atoms with Crippen LogP contribution in [0, 0.1) is 5.92 Å². The van der Waals surface area contributed by atoms with Crippen LogP contribution in [0.1, 0.15) is 70.9 Å². The fourth-order valence-electron chi connectivity index (χ4n) is 4.69. The Bertz CT molecular complexity index is 913. The maximum atomic E-state index is 2.59. The number of halogens is 2. The van der Waals surface area contributed by atoms with Gasteiger partial charge in [-0.05, 0) is 0 Å². The van der Waals surface area contributed by atoms with Gasteiger partial charge in [0.15, 0.2) is 0 Å². The molecule has 2 aliphatic rings. The number of hydrogen-bond acceptors (Lipinski definition) is 0. The topological polar surface area (TPSA) is 0 Å². The number of fused-ring (bicyclic) bond motifs is 3. The second-order valence-electron chi connectivity index (χ2n) is 8.94. The summed E-state index contributed by atoms with van der Waals surface area (Å²) >= 11 is -1.61. The largest absolute Gasteiger partial charge is 1.00 e. The van der Waals surface area contributed by atoms with Crippen LogP contribution in [0.4, 0.5) is 0 Å². The predicted octanol–water partition coefficient (Wildman–Crippen LogP) is 1.10. The Morgan fingerprint density at radius 3 is 2.16 bits per heavy atom. The van der Waals surface area contributed by atoms with E-state index in [0.29, 0.717) is 5.92 Å². The summed E-state index contributed by atoms with van der Waals surface area (Å²) in [6.07, 6.45) is 13.0. The van der Waals surface area contributed by atoms with Crippen molar-refractivity contribution >= 4 is 9.92 Å². The molecule has 0 atom stereocenters. The molecule has 0 N–H and O–H groups in total. The van der Waals surface area contributed by atoms with Crippen LogP contribution in [-0.2, 0) is 27.3 Å². The quantitative estimate of drug-likeness (QED) is 0.298. The second-order valence-corrected chi connectivity index (χ2v) is 24.3. The van der Waals surface area contributed by atoms with Gasteiger partial charge in [-0.3, -0.25) is 0 Å². The van der Waals surface area contributed by atoms with Gasteiger partial charge in [0.05, 0.1) is 0 Å². The molecule has 0 aromatic heterocycles. The Labute approximate surface area is 218 Å². The SMILES string of the molecule is CCCCCC.C[SiH2][Zr+2]([C]1=CC(C(C)C)=CC1)[c]1cccc2c1Cc1ccccc1-2.[Cl-].[Cl-]. The zero-order valence-corrected chi connectivity index (χ0v) is 25.9. The number of benzene rings is 2. The van der Waals surface area contributed by atoms with E-state index in [4.69, 9.17) is 0 Å². The van der Waals surface area contributed by atoms with Crippen LogP contribution in [0.25, 0.3) is 11.1 Å². The van der Waals surface area contributed by atoms with Gasteiger partial charge in [-0.1, -0.05) is 39.5 Å². The molecular formula is C28H39Cl2SiZr. The van der Waals surface area contributed by atoms with Gasteiger partial charge in [0.25, 0.3) is 0 Å². The molecule has 0 saturated heterocycles. The van der Waals surface area contributed by atoms with E-state index in [-0.39, 0.29) is 31.5 Å². The van der Waals surface area contributed by atoms with Crippen molar-refractivity contribution in [2.75, 3.05) is 0 Å². The van der Waals surface area contributed by atoms with Gasteiger partial charge in [0.1, 0.15) is 0 Å². The van der Waals surface area contributed by atoms with E-state index in [1.54, 1.807) is 11.1 Å². The molecule has 0 spiro atoms. The molecule has 0 amide bonds. The summed E-state index contributed by atoms with van der Waals surface area (Å²) in [5.74, 6) is 0.677. The van der Waals surface area contributed by atoms with E-state index in [0.717, 1.165) is 6.42 Å². The molecule has 2 aromatic carbocycles. The number of allylic oxidation sites excluding steroid dienone is 4. The first kappa shape index (κ1) is 29.6. The Morgan fingerprint density at radius 2 is 1.56 bits per heavy atom. The average molecular weight is 566 g/mol. The first-order chi connectivity index (χ1) is 14.6. The van der Waals surface area contributed by atoms with Crippen molar-refractivity contribution in [2.24, 2.45) is 5.92 Å². The first-order valence-corrected chi connectivity index (χ1v) is 21.9. The minimum atomic E-state index is -1.61. The van der Waals surface area contributed by atoms with Gasteiger partial charge in [0, 0.05) is 0 Å². The zero-order chi connectivity index (χ0) is 21.5. The summed E-state index contributed by atoms with van der Waals surface area (Å²) in [6, 6.07) is 16.2. The van der Waals surface area contributed by atoms with Gasteiger partial charge in [-0.15, -0.1) is 0 Å². The molecular weight excluding hydrogens is 527 g/mol. The summed E-state index contributed by atoms with van der Waals surface area (Å²) in [5.41, 5.74) is 7.81. The molecule has 32 heavy (non-hydrogen) atoms. The fourth-order valence-corrected chi connectivity index (χ4v) is 19.8. The van der Waals surface area contributed by atoms with Crippen molar-refractivity contribution in [2.45, 2.75) is 72.8 Å². The predicted molar refractivity (Wildman–Crippen MR) is 134 cm³/mol. The van der Waals surface area contributed by atoms with Crippen molar-refractivity contribution in [3.8, 4) is 11.1 Å². The smallest absolute Gasteiger partial charge is 1.00 e. The second kappa shape index (κ2) is 14.8. The fraction of sp³-hybridized carbons (Fsp3) is 0.429. The molecule has 0 unspecified atom stereocenters. The van der Waals surface area contributed by atoms with E-state index in [2.05, 4.69) is 88.9 Å². The molecule has 173 valence electrons. The number of hydrogen-bond donors (Lipinski definition) is 0. The maximum absolute atomic E-state index is 2.59. The van der Waals surface area contributed by atoms with Crippen LogP contribution in [-0.4, -0.2) is 6.65 Å². The molecule has 2 aromatic rings. The van der Waals surface area contributed by atoms with E-state index in [1.165, 1.54) is 48.8 Å². The zero-order valence-electron chi connectivity index (χ0n) is 20.5. The van der Waals surface area contributed by atoms with E-state index in [9.17, 15) is 0 Å². The first-order valence-electron chi connectivity index (χ1n) is 12.1. The summed E-state index contributed by atoms with van der Waals surface area (Å²) in [5, 5.41) is 0. The molecule has 4 rings (SSSR count). The molecule has 0 saturated carbocycles. The van der Waals surface area contributed by atoms with Gasteiger partial charge >= 0.3 is 156 Å². The standard InChI is InChI=1S/C13H9.C8H11.C6H14.CH5Si.2ClH.Zr/c1-3-7-12-10(5-1)9-11-6-2-4-8-13(11)12;1-7(2)8-5-3-4-6-8;1-3-5-6-4-2;1-2;;;/h1-5,7-8H,9H2;5-7H,3H2,1-2H3;3-6H2,1-2H3;2H2,1H3;2*1H;/q;;;;;;+2/p-2. The minimum absolute atomic E-state index is 0. The van der Waals surface area contributed by atoms with Crippen LogP contribution in [0.2, 0.25) is 6.55 Å². The third-order valence-corrected chi connectivity index (χ3v) is 22.8. The average Bonchev–Trinajstić information content (AvgIpc) is 3.39. The Hall–Kier alpha value is -0.400. The maximum Gasteiger partial charge on any atom is -1.00 e. The number of rotatable bonds is 7. The molecule has 0 radical (unpaired) electrons. The molecule has 4 heteroatoms. The molecule has 2 aliphatic carbocycles. The van der Waals surface area contributed by atoms with Gasteiger partial charge < -0.3 is 24.8 Å². The van der Waals surface area contributed by atoms with Crippen LogP contribution in [0.5, 0.6) is 0 Å². The summed E-state index contributed by atoms with van der Waals surface area (Å²) in [7, 11) is 0.